The number of carbonyl (C=O) groups is 1. The normalized spacial score (nSPS) is 10.2. The van der Waals surface area contributed by atoms with Crippen LogP contribution < -0.4 is 21.5 Å². The van der Waals surface area contributed by atoms with Crippen LogP contribution in [0.3, 0.4) is 0 Å². The average molecular weight is 361 g/mol. The van der Waals surface area contributed by atoms with Crippen LogP contribution in [0.5, 0.6) is 0 Å². The molecule has 1 heterocycles. The van der Waals surface area contributed by atoms with Gasteiger partial charge in [-0.05, 0) is 19.3 Å². The number of halogens is 1. The van der Waals surface area contributed by atoms with Crippen molar-refractivity contribution in [3.8, 4) is 0 Å². The summed E-state index contributed by atoms with van der Waals surface area (Å²) in [6.07, 6.45) is 11.8. The molecule has 4 nitrogen and oxygen atoms in total. The van der Waals surface area contributed by atoms with Crippen molar-refractivity contribution in [2.45, 2.75) is 71.9 Å². The van der Waals surface area contributed by atoms with Crippen molar-refractivity contribution >= 4 is 5.97 Å². The third-order valence-electron chi connectivity index (χ3n) is 3.52. The molecule has 5 heteroatoms. The van der Waals surface area contributed by atoms with E-state index < -0.39 is 0 Å². The van der Waals surface area contributed by atoms with Crippen LogP contribution in [0.25, 0.3) is 0 Å². The first kappa shape index (κ1) is 20.2. The SMILES string of the molecule is CCCCCCn1cc(CCC(=O)OC)[n+](CCC)c1.[Br-]. The molecule has 0 spiro atoms. The van der Waals surface area contributed by atoms with E-state index in [1.54, 1.807) is 0 Å². The number of ether oxygens (including phenoxy) is 1. The number of esters is 1. The fourth-order valence-electron chi connectivity index (χ4n) is 2.38. The predicted octanol–water partition coefficient (Wildman–Crippen LogP) is -0.124. The standard InChI is InChI=1S/C16H29N2O2.BrH/c1-4-6-7-8-12-17-13-15(9-10-16(19)20-3)18(14-17)11-5-2;/h13-14H,4-12H2,1-3H3;1H/q+1;/p-1. The van der Waals surface area contributed by atoms with Crippen LogP contribution in [0.4, 0.5) is 0 Å². The van der Waals surface area contributed by atoms with Gasteiger partial charge in [0.15, 0.2) is 0 Å². The monoisotopic (exact) mass is 360 g/mol. The van der Waals surface area contributed by atoms with Crippen LogP contribution in [0.15, 0.2) is 12.5 Å². The van der Waals surface area contributed by atoms with Crippen LogP contribution in [0, 0.1) is 0 Å². The first-order chi connectivity index (χ1) is 9.71. The lowest BCUT2D eigenvalue weighted by molar-refractivity contribution is -0.703. The van der Waals surface area contributed by atoms with Crippen molar-refractivity contribution in [2.75, 3.05) is 7.11 Å². The number of aryl methyl sites for hydroxylation is 3. The molecule has 0 saturated heterocycles. The van der Waals surface area contributed by atoms with Crippen molar-refractivity contribution in [3.05, 3.63) is 18.2 Å². The Morgan fingerprint density at radius 3 is 2.62 bits per heavy atom. The summed E-state index contributed by atoms with van der Waals surface area (Å²) in [5.74, 6) is -0.135. The van der Waals surface area contributed by atoms with Gasteiger partial charge < -0.3 is 21.7 Å². The molecule has 0 aliphatic carbocycles. The minimum atomic E-state index is -0.135. The predicted molar refractivity (Wildman–Crippen MR) is 79.4 cm³/mol. The molecular weight excluding hydrogens is 332 g/mol. The largest absolute Gasteiger partial charge is 1.00 e. The number of aromatic nitrogens is 2. The molecule has 0 amide bonds. The molecule has 1 aromatic rings. The number of rotatable bonds is 10. The highest BCUT2D eigenvalue weighted by molar-refractivity contribution is 5.69. The van der Waals surface area contributed by atoms with Crippen LogP contribution in [0.1, 0.15) is 58.1 Å². The number of hydrogen-bond acceptors (Lipinski definition) is 2. The second kappa shape index (κ2) is 11.8. The van der Waals surface area contributed by atoms with Gasteiger partial charge in [0, 0.05) is 6.42 Å². The number of methoxy groups -OCH3 is 1. The number of nitrogens with zero attached hydrogens (tertiary/aromatic N) is 2. The summed E-state index contributed by atoms with van der Waals surface area (Å²) in [6.45, 7) is 6.49. The zero-order chi connectivity index (χ0) is 14.8. The maximum Gasteiger partial charge on any atom is 0.305 e. The van der Waals surface area contributed by atoms with Gasteiger partial charge in [-0.15, -0.1) is 0 Å². The Hall–Kier alpha value is -0.840. The van der Waals surface area contributed by atoms with Gasteiger partial charge in [0.2, 0.25) is 6.33 Å². The minimum Gasteiger partial charge on any atom is -1.00 e. The van der Waals surface area contributed by atoms with Gasteiger partial charge in [0.1, 0.15) is 11.9 Å². The zero-order valence-electron chi connectivity index (χ0n) is 13.6. The van der Waals surface area contributed by atoms with Gasteiger partial charge >= 0.3 is 5.97 Å². The van der Waals surface area contributed by atoms with Crippen molar-refractivity contribution < 1.29 is 31.1 Å². The topological polar surface area (TPSA) is 35.1 Å². The molecule has 0 saturated carbocycles. The third-order valence-corrected chi connectivity index (χ3v) is 3.52. The van der Waals surface area contributed by atoms with Crippen molar-refractivity contribution in [3.63, 3.8) is 0 Å². The van der Waals surface area contributed by atoms with E-state index in [-0.39, 0.29) is 23.0 Å². The van der Waals surface area contributed by atoms with Crippen molar-refractivity contribution in [1.29, 1.82) is 0 Å². The molecule has 0 N–H and O–H groups in total. The molecule has 1 aromatic heterocycles. The Balaban J connectivity index is 0.00000400. The number of imidazole rings is 1. The Bertz CT molecular complexity index is 405. The van der Waals surface area contributed by atoms with Gasteiger partial charge in [-0.2, -0.15) is 0 Å². The second-order valence-electron chi connectivity index (χ2n) is 5.30. The molecule has 0 fully saturated rings. The van der Waals surface area contributed by atoms with Gasteiger partial charge in [-0.25, -0.2) is 9.13 Å². The number of hydrogen-bond donors (Lipinski definition) is 0. The molecule has 0 bridgehead atoms. The minimum absolute atomic E-state index is 0. The van der Waals surface area contributed by atoms with E-state index in [1.165, 1.54) is 38.5 Å². The lowest BCUT2D eigenvalue weighted by Gasteiger charge is -1.99. The van der Waals surface area contributed by atoms with Crippen molar-refractivity contribution in [1.82, 2.24) is 4.57 Å². The number of unbranched alkanes of at least 4 members (excludes halogenated alkanes) is 3. The van der Waals surface area contributed by atoms with E-state index in [4.69, 9.17) is 4.74 Å². The van der Waals surface area contributed by atoms with E-state index in [9.17, 15) is 4.79 Å². The van der Waals surface area contributed by atoms with Gasteiger partial charge in [-0.1, -0.05) is 26.7 Å². The molecule has 0 radical (unpaired) electrons. The summed E-state index contributed by atoms with van der Waals surface area (Å²) in [5, 5.41) is 0. The first-order valence-corrected chi connectivity index (χ1v) is 7.86. The summed E-state index contributed by atoms with van der Waals surface area (Å²) in [5.41, 5.74) is 1.23. The summed E-state index contributed by atoms with van der Waals surface area (Å²) in [6, 6.07) is 0. The van der Waals surface area contributed by atoms with Crippen LogP contribution >= 0.6 is 0 Å². The molecule has 122 valence electrons. The Morgan fingerprint density at radius 2 is 2.00 bits per heavy atom. The molecule has 0 unspecified atom stereocenters. The van der Waals surface area contributed by atoms with Crippen molar-refractivity contribution in [2.24, 2.45) is 0 Å². The smallest absolute Gasteiger partial charge is 0.305 e. The molecule has 0 aliphatic heterocycles. The Kier molecular flexibility index (Phi) is 11.3. The second-order valence-corrected chi connectivity index (χ2v) is 5.30. The van der Waals surface area contributed by atoms with Crippen LogP contribution in [0.2, 0.25) is 0 Å². The molecule has 0 atom stereocenters. The zero-order valence-corrected chi connectivity index (χ0v) is 15.2. The maximum absolute atomic E-state index is 11.3. The average Bonchev–Trinajstić information content (AvgIpc) is 2.83. The van der Waals surface area contributed by atoms with Gasteiger partial charge in [0.05, 0.1) is 26.6 Å². The highest BCUT2D eigenvalue weighted by Gasteiger charge is 2.14. The molecule has 0 aliphatic rings. The summed E-state index contributed by atoms with van der Waals surface area (Å²) in [4.78, 5) is 11.3. The third kappa shape index (κ3) is 7.65. The lowest BCUT2D eigenvalue weighted by atomic mass is 10.2. The summed E-state index contributed by atoms with van der Waals surface area (Å²) >= 11 is 0. The van der Waals surface area contributed by atoms with Gasteiger partial charge in [0.25, 0.3) is 0 Å². The van der Waals surface area contributed by atoms with Crippen LogP contribution in [-0.2, 0) is 29.0 Å². The van der Waals surface area contributed by atoms with E-state index in [1.807, 2.05) is 0 Å². The Labute approximate surface area is 139 Å². The Morgan fingerprint density at radius 1 is 1.24 bits per heavy atom. The number of carbonyl (C=O) groups excluding carboxylic acids is 1. The maximum atomic E-state index is 11.3. The van der Waals surface area contributed by atoms with Gasteiger partial charge in [-0.3, -0.25) is 4.79 Å². The quantitative estimate of drug-likeness (QED) is 0.331. The highest BCUT2D eigenvalue weighted by atomic mass is 79.9. The molecule has 0 aromatic carbocycles. The fraction of sp³-hybridized carbons (Fsp3) is 0.750. The summed E-state index contributed by atoms with van der Waals surface area (Å²) < 4.78 is 9.24. The summed E-state index contributed by atoms with van der Waals surface area (Å²) in [7, 11) is 1.45. The molecule has 1 rings (SSSR count). The molecular formula is C16H29BrN2O2. The van der Waals surface area contributed by atoms with E-state index >= 15 is 0 Å². The molecule has 21 heavy (non-hydrogen) atoms. The lowest BCUT2D eigenvalue weighted by Crippen LogP contribution is -3.00. The van der Waals surface area contributed by atoms with Crippen LogP contribution in [-0.4, -0.2) is 17.6 Å². The van der Waals surface area contributed by atoms with E-state index in [0.29, 0.717) is 6.42 Å². The first-order valence-electron chi connectivity index (χ1n) is 7.86. The fourth-order valence-corrected chi connectivity index (χ4v) is 2.38. The van der Waals surface area contributed by atoms with E-state index in [2.05, 4.69) is 35.5 Å². The highest BCUT2D eigenvalue weighted by Crippen LogP contribution is 2.05. The van der Waals surface area contributed by atoms with E-state index in [0.717, 1.165) is 25.9 Å².